The summed E-state index contributed by atoms with van der Waals surface area (Å²) in [5, 5.41) is 10.5. The van der Waals surface area contributed by atoms with Crippen LogP contribution in [0.1, 0.15) is 5.56 Å². The van der Waals surface area contributed by atoms with Crippen LogP contribution in [0.2, 0.25) is 0 Å². The van der Waals surface area contributed by atoms with Crippen LogP contribution in [-0.2, 0) is 0 Å². The van der Waals surface area contributed by atoms with Crippen molar-refractivity contribution in [1.82, 2.24) is 9.55 Å². The third kappa shape index (κ3) is 3.63. The van der Waals surface area contributed by atoms with Crippen molar-refractivity contribution in [2.24, 2.45) is 4.99 Å². The molecule has 0 saturated carbocycles. The number of H-pyrrole nitrogens is 1. The number of aromatic nitrogens is 2. The number of hydrogen-bond acceptors (Lipinski definition) is 6. The Bertz CT molecular complexity index is 1150. The first-order valence-corrected chi connectivity index (χ1v) is 8.05. The van der Waals surface area contributed by atoms with Crippen molar-refractivity contribution in [3.8, 4) is 23.1 Å². The molecule has 0 aliphatic carbocycles. The van der Waals surface area contributed by atoms with E-state index in [1.807, 2.05) is 0 Å². The van der Waals surface area contributed by atoms with Crippen LogP contribution in [0.15, 0.2) is 57.0 Å². The number of aliphatic imine (C=N–C) groups is 1. The predicted octanol–water partition coefficient (Wildman–Crippen LogP) is 2.14. The van der Waals surface area contributed by atoms with E-state index in [0.29, 0.717) is 17.2 Å². The molecule has 1 heterocycles. The van der Waals surface area contributed by atoms with Crippen molar-refractivity contribution in [2.75, 3.05) is 14.2 Å². The molecule has 0 bridgehead atoms. The summed E-state index contributed by atoms with van der Waals surface area (Å²) in [6.07, 6.45) is 1.10. The molecule has 0 atom stereocenters. The fourth-order valence-electron chi connectivity index (χ4n) is 2.52. The topological polar surface area (TPSA) is 106 Å². The van der Waals surface area contributed by atoms with Crippen LogP contribution in [0.5, 0.6) is 17.4 Å². The molecule has 0 radical (unpaired) electrons. The first-order valence-electron chi connectivity index (χ1n) is 8.05. The van der Waals surface area contributed by atoms with Crippen LogP contribution >= 0.6 is 0 Å². The lowest BCUT2D eigenvalue weighted by atomic mass is 10.2. The summed E-state index contributed by atoms with van der Waals surface area (Å²) >= 11 is 0. The molecule has 1 aromatic heterocycles. The van der Waals surface area contributed by atoms with Crippen molar-refractivity contribution >= 4 is 11.9 Å². The number of ether oxygens (including phenoxy) is 2. The molecule has 2 N–H and O–H groups in total. The third-order valence-electron chi connectivity index (χ3n) is 3.92. The van der Waals surface area contributed by atoms with E-state index in [1.54, 1.807) is 18.2 Å². The van der Waals surface area contributed by atoms with Crippen LogP contribution in [0, 0.1) is 5.82 Å². The number of nitrogens with one attached hydrogen (secondary N) is 1. The largest absolute Gasteiger partial charge is 0.497 e. The minimum Gasteiger partial charge on any atom is -0.497 e. The Labute approximate surface area is 158 Å². The van der Waals surface area contributed by atoms with E-state index in [4.69, 9.17) is 9.47 Å². The fraction of sp³-hybridized carbons (Fsp3) is 0.105. The maximum Gasteiger partial charge on any atom is 0.335 e. The number of rotatable bonds is 5. The maximum absolute atomic E-state index is 13.1. The van der Waals surface area contributed by atoms with E-state index in [1.165, 1.54) is 26.4 Å². The van der Waals surface area contributed by atoms with Gasteiger partial charge < -0.3 is 14.6 Å². The molecule has 0 amide bonds. The molecule has 0 aliphatic heterocycles. The molecular weight excluding hydrogens is 369 g/mol. The van der Waals surface area contributed by atoms with Crippen molar-refractivity contribution in [3.63, 3.8) is 0 Å². The highest BCUT2D eigenvalue weighted by molar-refractivity contribution is 5.85. The molecular formula is C19H16FN3O5. The predicted molar refractivity (Wildman–Crippen MR) is 101 cm³/mol. The number of aromatic hydroxyl groups is 1. The Morgan fingerprint density at radius 3 is 2.46 bits per heavy atom. The summed E-state index contributed by atoms with van der Waals surface area (Å²) in [5.74, 6) is -0.208. The third-order valence-corrected chi connectivity index (χ3v) is 3.92. The lowest BCUT2D eigenvalue weighted by Crippen LogP contribution is -2.31. The van der Waals surface area contributed by atoms with Gasteiger partial charge in [-0.2, -0.15) is 0 Å². The molecule has 0 saturated heterocycles. The van der Waals surface area contributed by atoms with Gasteiger partial charge in [0.1, 0.15) is 28.6 Å². The van der Waals surface area contributed by atoms with Crippen LogP contribution in [0.25, 0.3) is 5.69 Å². The van der Waals surface area contributed by atoms with E-state index in [0.717, 1.165) is 22.9 Å². The summed E-state index contributed by atoms with van der Waals surface area (Å²) in [5.41, 5.74) is -1.43. The van der Waals surface area contributed by atoms with Gasteiger partial charge >= 0.3 is 5.69 Å². The Morgan fingerprint density at radius 2 is 1.82 bits per heavy atom. The first kappa shape index (κ1) is 18.9. The van der Waals surface area contributed by atoms with Gasteiger partial charge in [0, 0.05) is 12.3 Å². The van der Waals surface area contributed by atoms with E-state index in [2.05, 4.69) is 9.98 Å². The minimum atomic E-state index is -0.870. The zero-order chi connectivity index (χ0) is 20.3. The van der Waals surface area contributed by atoms with E-state index >= 15 is 0 Å². The van der Waals surface area contributed by atoms with Crippen LogP contribution in [0.4, 0.5) is 10.1 Å². The van der Waals surface area contributed by atoms with Gasteiger partial charge in [-0.25, -0.2) is 13.8 Å². The van der Waals surface area contributed by atoms with Gasteiger partial charge in [0.2, 0.25) is 5.88 Å². The highest BCUT2D eigenvalue weighted by atomic mass is 19.1. The second kappa shape index (κ2) is 7.78. The van der Waals surface area contributed by atoms with Gasteiger partial charge in [-0.3, -0.25) is 14.8 Å². The summed E-state index contributed by atoms with van der Waals surface area (Å²) < 4.78 is 24.3. The SMILES string of the molecule is COc1ccc(OC)c(N=Cc2c(O)n(-c3ccc(F)cc3)c(=O)[nH]c2=O)c1. The fourth-order valence-corrected chi connectivity index (χ4v) is 2.52. The average Bonchev–Trinajstić information content (AvgIpc) is 2.68. The molecule has 144 valence electrons. The van der Waals surface area contributed by atoms with Gasteiger partial charge in [-0.05, 0) is 36.4 Å². The number of aromatic amines is 1. The number of methoxy groups -OCH3 is 2. The standard InChI is InChI=1S/C19H16FN3O5/c1-27-13-7-8-16(28-2)15(9-13)21-10-14-17(24)22-19(26)23(18(14)25)12-5-3-11(20)4-6-12/h3-10,25H,1-2H3,(H,22,24,26). The molecule has 2 aromatic carbocycles. The Kier molecular flexibility index (Phi) is 5.25. The number of benzene rings is 2. The lowest BCUT2D eigenvalue weighted by molar-refractivity contribution is 0.404. The summed E-state index contributed by atoms with van der Waals surface area (Å²) in [7, 11) is 2.95. The second-order valence-corrected chi connectivity index (χ2v) is 5.60. The van der Waals surface area contributed by atoms with E-state index in [-0.39, 0.29) is 11.3 Å². The smallest absolute Gasteiger partial charge is 0.335 e. The monoisotopic (exact) mass is 385 g/mol. The van der Waals surface area contributed by atoms with Gasteiger partial charge in [-0.15, -0.1) is 0 Å². The first-order chi connectivity index (χ1) is 13.4. The average molecular weight is 385 g/mol. The normalized spacial score (nSPS) is 11.0. The highest BCUT2D eigenvalue weighted by Gasteiger charge is 2.14. The quantitative estimate of drug-likeness (QED) is 0.655. The van der Waals surface area contributed by atoms with Crippen molar-refractivity contribution in [3.05, 3.63) is 74.7 Å². The number of hydrogen-bond donors (Lipinski definition) is 2. The van der Waals surface area contributed by atoms with Crippen molar-refractivity contribution in [1.29, 1.82) is 0 Å². The van der Waals surface area contributed by atoms with Crippen LogP contribution < -0.4 is 20.7 Å². The highest BCUT2D eigenvalue weighted by Crippen LogP contribution is 2.31. The molecule has 0 aliphatic rings. The van der Waals surface area contributed by atoms with Crippen LogP contribution in [0.3, 0.4) is 0 Å². The van der Waals surface area contributed by atoms with Crippen molar-refractivity contribution < 1.29 is 19.0 Å². The second-order valence-electron chi connectivity index (χ2n) is 5.60. The van der Waals surface area contributed by atoms with Gasteiger partial charge in [-0.1, -0.05) is 0 Å². The van der Waals surface area contributed by atoms with Gasteiger partial charge in [0.25, 0.3) is 5.56 Å². The van der Waals surface area contributed by atoms with E-state index < -0.39 is 22.9 Å². The zero-order valence-corrected chi connectivity index (χ0v) is 15.0. The summed E-state index contributed by atoms with van der Waals surface area (Å²) in [6, 6.07) is 9.73. The Hall–Kier alpha value is -3.88. The molecule has 0 unspecified atom stereocenters. The number of halogens is 1. The molecule has 9 heteroatoms. The Balaban J connectivity index is 2.12. The summed E-state index contributed by atoms with van der Waals surface area (Å²) in [6.45, 7) is 0. The molecule has 28 heavy (non-hydrogen) atoms. The zero-order valence-electron chi connectivity index (χ0n) is 15.0. The van der Waals surface area contributed by atoms with Crippen LogP contribution in [-0.4, -0.2) is 35.1 Å². The Morgan fingerprint density at radius 1 is 1.11 bits per heavy atom. The molecule has 3 aromatic rings. The molecule has 8 nitrogen and oxygen atoms in total. The lowest BCUT2D eigenvalue weighted by Gasteiger charge is -2.10. The molecule has 0 fully saturated rings. The maximum atomic E-state index is 13.1. The minimum absolute atomic E-state index is 0.175. The molecule has 0 spiro atoms. The molecule has 3 rings (SSSR count). The van der Waals surface area contributed by atoms with Gasteiger partial charge in [0.15, 0.2) is 0 Å². The number of nitrogens with zero attached hydrogens (tertiary/aromatic N) is 2. The van der Waals surface area contributed by atoms with E-state index in [9.17, 15) is 19.1 Å². The summed E-state index contributed by atoms with van der Waals surface area (Å²) in [4.78, 5) is 30.6. The van der Waals surface area contributed by atoms with Crippen molar-refractivity contribution in [2.45, 2.75) is 0 Å². The van der Waals surface area contributed by atoms with Gasteiger partial charge in [0.05, 0.1) is 19.9 Å².